The SMILES string of the molecule is CC1CCc2cc3cccnc3nc21. The monoisotopic (exact) mass is 184 g/mol. The summed E-state index contributed by atoms with van der Waals surface area (Å²) in [4.78, 5) is 8.91. The molecule has 1 unspecified atom stereocenters. The summed E-state index contributed by atoms with van der Waals surface area (Å²) >= 11 is 0. The third-order valence-corrected chi connectivity index (χ3v) is 3.02. The van der Waals surface area contributed by atoms with Gasteiger partial charge < -0.3 is 0 Å². The fourth-order valence-corrected chi connectivity index (χ4v) is 2.20. The molecule has 0 fully saturated rings. The van der Waals surface area contributed by atoms with Crippen molar-refractivity contribution in [2.24, 2.45) is 0 Å². The molecule has 0 saturated carbocycles. The molecule has 1 aliphatic carbocycles. The first-order valence-electron chi connectivity index (χ1n) is 5.09. The molecule has 0 spiro atoms. The molecule has 0 aromatic carbocycles. The molecular formula is C12H12N2. The summed E-state index contributed by atoms with van der Waals surface area (Å²) in [6.45, 7) is 2.24. The molecule has 0 bridgehead atoms. The van der Waals surface area contributed by atoms with E-state index in [0.717, 1.165) is 5.65 Å². The zero-order chi connectivity index (χ0) is 9.54. The van der Waals surface area contributed by atoms with E-state index >= 15 is 0 Å². The standard InChI is InChI=1S/C12H12N2/c1-8-4-5-9-7-10-3-2-6-13-12(10)14-11(8)9/h2-3,6-8H,4-5H2,1H3. The molecule has 0 amide bonds. The van der Waals surface area contributed by atoms with Gasteiger partial charge in [-0.25, -0.2) is 9.97 Å². The van der Waals surface area contributed by atoms with Crippen LogP contribution < -0.4 is 0 Å². The van der Waals surface area contributed by atoms with E-state index in [1.165, 1.54) is 29.5 Å². The average molecular weight is 184 g/mol. The highest BCUT2D eigenvalue weighted by Crippen LogP contribution is 2.32. The molecule has 2 heteroatoms. The van der Waals surface area contributed by atoms with Gasteiger partial charge in [0.25, 0.3) is 0 Å². The first-order chi connectivity index (χ1) is 6.84. The van der Waals surface area contributed by atoms with Crippen LogP contribution in [0.4, 0.5) is 0 Å². The van der Waals surface area contributed by atoms with Crippen LogP contribution in [-0.2, 0) is 6.42 Å². The second-order valence-corrected chi connectivity index (χ2v) is 4.02. The first kappa shape index (κ1) is 7.92. The molecule has 2 heterocycles. The van der Waals surface area contributed by atoms with E-state index in [-0.39, 0.29) is 0 Å². The maximum Gasteiger partial charge on any atom is 0.159 e. The van der Waals surface area contributed by atoms with Crippen molar-refractivity contribution >= 4 is 11.0 Å². The molecule has 0 aliphatic heterocycles. The van der Waals surface area contributed by atoms with E-state index in [1.54, 1.807) is 6.20 Å². The Balaban J connectivity index is 2.33. The van der Waals surface area contributed by atoms with E-state index in [1.807, 2.05) is 6.07 Å². The molecule has 70 valence electrons. The van der Waals surface area contributed by atoms with Gasteiger partial charge in [0.1, 0.15) is 0 Å². The fourth-order valence-electron chi connectivity index (χ4n) is 2.20. The van der Waals surface area contributed by atoms with Crippen molar-refractivity contribution in [2.75, 3.05) is 0 Å². The van der Waals surface area contributed by atoms with Gasteiger partial charge in [-0.3, -0.25) is 0 Å². The molecule has 0 radical (unpaired) electrons. The number of hydrogen-bond donors (Lipinski definition) is 0. The van der Waals surface area contributed by atoms with E-state index in [9.17, 15) is 0 Å². The highest BCUT2D eigenvalue weighted by Gasteiger charge is 2.20. The van der Waals surface area contributed by atoms with Gasteiger partial charge >= 0.3 is 0 Å². The lowest BCUT2D eigenvalue weighted by atomic mass is 10.1. The van der Waals surface area contributed by atoms with Crippen LogP contribution in [0.2, 0.25) is 0 Å². The molecule has 1 atom stereocenters. The van der Waals surface area contributed by atoms with Gasteiger partial charge in [0.05, 0.1) is 0 Å². The molecule has 0 N–H and O–H groups in total. The Morgan fingerprint density at radius 2 is 2.36 bits per heavy atom. The van der Waals surface area contributed by atoms with Crippen LogP contribution in [0.25, 0.3) is 11.0 Å². The fraction of sp³-hybridized carbons (Fsp3) is 0.333. The zero-order valence-electron chi connectivity index (χ0n) is 8.20. The van der Waals surface area contributed by atoms with Gasteiger partial charge in [0.2, 0.25) is 0 Å². The van der Waals surface area contributed by atoms with Crippen LogP contribution in [0, 0.1) is 0 Å². The molecule has 3 rings (SSSR count). The van der Waals surface area contributed by atoms with Crippen molar-refractivity contribution < 1.29 is 0 Å². The predicted molar refractivity (Wildman–Crippen MR) is 56.3 cm³/mol. The maximum absolute atomic E-state index is 4.63. The lowest BCUT2D eigenvalue weighted by Gasteiger charge is -2.04. The minimum absolute atomic E-state index is 0.608. The van der Waals surface area contributed by atoms with Gasteiger partial charge in [0, 0.05) is 17.3 Å². The second-order valence-electron chi connectivity index (χ2n) is 4.02. The summed E-state index contributed by atoms with van der Waals surface area (Å²) in [6, 6.07) is 6.29. The van der Waals surface area contributed by atoms with Gasteiger partial charge in [-0.15, -0.1) is 0 Å². The Labute approximate surface area is 83.0 Å². The number of nitrogens with zero attached hydrogens (tertiary/aromatic N) is 2. The third-order valence-electron chi connectivity index (χ3n) is 3.02. The van der Waals surface area contributed by atoms with Crippen molar-refractivity contribution in [3.05, 3.63) is 35.7 Å². The number of hydrogen-bond acceptors (Lipinski definition) is 2. The van der Waals surface area contributed by atoms with E-state index in [4.69, 9.17) is 0 Å². The molecular weight excluding hydrogens is 172 g/mol. The summed E-state index contributed by atoms with van der Waals surface area (Å²) in [5, 5.41) is 1.17. The second kappa shape index (κ2) is 2.77. The largest absolute Gasteiger partial charge is 0.237 e. The number of pyridine rings is 2. The van der Waals surface area contributed by atoms with E-state index in [2.05, 4.69) is 29.0 Å². The van der Waals surface area contributed by atoms with Gasteiger partial charge in [-0.2, -0.15) is 0 Å². The van der Waals surface area contributed by atoms with Crippen molar-refractivity contribution in [3.8, 4) is 0 Å². The van der Waals surface area contributed by atoms with Crippen LogP contribution in [0.15, 0.2) is 24.4 Å². The number of aryl methyl sites for hydroxylation is 1. The number of rotatable bonds is 0. The Morgan fingerprint density at radius 3 is 3.29 bits per heavy atom. The van der Waals surface area contributed by atoms with Crippen LogP contribution in [0.3, 0.4) is 0 Å². The first-order valence-corrected chi connectivity index (χ1v) is 5.09. The summed E-state index contributed by atoms with van der Waals surface area (Å²) in [7, 11) is 0. The van der Waals surface area contributed by atoms with Crippen LogP contribution in [0.5, 0.6) is 0 Å². The molecule has 14 heavy (non-hydrogen) atoms. The van der Waals surface area contributed by atoms with Crippen molar-refractivity contribution in [1.82, 2.24) is 9.97 Å². The summed E-state index contributed by atoms with van der Waals surface area (Å²) in [6.07, 6.45) is 4.22. The third kappa shape index (κ3) is 1.03. The van der Waals surface area contributed by atoms with Crippen LogP contribution >= 0.6 is 0 Å². The van der Waals surface area contributed by atoms with Gasteiger partial charge in [-0.05, 0) is 42.5 Å². The number of aromatic nitrogens is 2. The smallest absolute Gasteiger partial charge is 0.159 e. The van der Waals surface area contributed by atoms with Gasteiger partial charge in [0.15, 0.2) is 5.65 Å². The molecule has 2 aromatic heterocycles. The minimum Gasteiger partial charge on any atom is -0.237 e. The Bertz CT molecular complexity index is 491. The summed E-state index contributed by atoms with van der Waals surface area (Å²) in [5.41, 5.74) is 3.56. The van der Waals surface area contributed by atoms with Crippen molar-refractivity contribution in [1.29, 1.82) is 0 Å². The predicted octanol–water partition coefficient (Wildman–Crippen LogP) is 2.68. The van der Waals surface area contributed by atoms with Crippen molar-refractivity contribution in [3.63, 3.8) is 0 Å². The summed E-state index contributed by atoms with van der Waals surface area (Å²) in [5.74, 6) is 0.608. The quantitative estimate of drug-likeness (QED) is 0.629. The number of fused-ring (bicyclic) bond motifs is 2. The summed E-state index contributed by atoms with van der Waals surface area (Å²) < 4.78 is 0. The average Bonchev–Trinajstić information content (AvgIpc) is 2.57. The maximum atomic E-state index is 4.63. The van der Waals surface area contributed by atoms with Gasteiger partial charge in [-0.1, -0.05) is 6.92 Å². The molecule has 2 aromatic rings. The van der Waals surface area contributed by atoms with Crippen LogP contribution in [-0.4, -0.2) is 9.97 Å². The molecule has 1 aliphatic rings. The highest BCUT2D eigenvalue weighted by molar-refractivity contribution is 5.75. The van der Waals surface area contributed by atoms with Crippen LogP contribution in [0.1, 0.15) is 30.5 Å². The highest BCUT2D eigenvalue weighted by atomic mass is 14.9. The van der Waals surface area contributed by atoms with E-state index < -0.39 is 0 Å². The Hall–Kier alpha value is -1.44. The normalized spacial score (nSPS) is 19.9. The van der Waals surface area contributed by atoms with E-state index in [0.29, 0.717) is 5.92 Å². The Morgan fingerprint density at radius 1 is 1.43 bits per heavy atom. The molecule has 0 saturated heterocycles. The lowest BCUT2D eigenvalue weighted by molar-refractivity contribution is 0.732. The minimum atomic E-state index is 0.608. The van der Waals surface area contributed by atoms with Crippen molar-refractivity contribution in [2.45, 2.75) is 25.7 Å². The Kier molecular flexibility index (Phi) is 1.57. The molecule has 2 nitrogen and oxygen atoms in total. The zero-order valence-corrected chi connectivity index (χ0v) is 8.20. The topological polar surface area (TPSA) is 25.8 Å². The lowest BCUT2D eigenvalue weighted by Crippen LogP contribution is -1.94.